The lowest BCUT2D eigenvalue weighted by Gasteiger charge is -2.23. The molecule has 2 N–H and O–H groups in total. The molecule has 1 saturated heterocycles. The van der Waals surface area contributed by atoms with E-state index < -0.39 is 11.9 Å². The number of amides is 1. The molecule has 0 bridgehead atoms. The van der Waals surface area contributed by atoms with Crippen molar-refractivity contribution in [3.05, 3.63) is 17.0 Å². The van der Waals surface area contributed by atoms with Gasteiger partial charge in [0, 0.05) is 11.3 Å². The van der Waals surface area contributed by atoms with E-state index in [-0.39, 0.29) is 18.0 Å². The Balaban J connectivity index is 1.58. The Morgan fingerprint density at radius 1 is 1.24 bits per heavy atom. The van der Waals surface area contributed by atoms with Gasteiger partial charge in [-0.15, -0.1) is 0 Å². The lowest BCUT2D eigenvalue weighted by Crippen LogP contribution is -3.14. The highest BCUT2D eigenvalue weighted by Gasteiger charge is 2.39. The maximum Gasteiger partial charge on any atom is 0.435 e. The highest BCUT2D eigenvalue weighted by molar-refractivity contribution is 5.75. The minimum Gasteiger partial charge on any atom is -0.370 e. The maximum atomic E-state index is 13.1. The second kappa shape index (κ2) is 7.74. The van der Waals surface area contributed by atoms with Gasteiger partial charge in [-0.2, -0.15) is 18.3 Å². The summed E-state index contributed by atoms with van der Waals surface area (Å²) >= 11 is 0. The number of carbonyl (C=O) groups is 1. The van der Waals surface area contributed by atoms with Gasteiger partial charge in [0.1, 0.15) is 19.6 Å². The third-order valence-corrected chi connectivity index (χ3v) is 4.82. The molecule has 1 aromatic rings. The van der Waals surface area contributed by atoms with E-state index in [2.05, 4.69) is 10.4 Å². The molecule has 1 aliphatic carbocycles. The van der Waals surface area contributed by atoms with Gasteiger partial charge < -0.3 is 15.0 Å². The molecule has 0 unspecified atom stereocenters. The summed E-state index contributed by atoms with van der Waals surface area (Å²) in [6.07, 6.45) is -1.98. The largest absolute Gasteiger partial charge is 0.435 e. The average molecular weight is 361 g/mol. The highest BCUT2D eigenvalue weighted by Crippen LogP contribution is 2.35. The van der Waals surface area contributed by atoms with Crippen molar-refractivity contribution in [1.29, 1.82) is 0 Å². The van der Waals surface area contributed by atoms with Crippen LogP contribution >= 0.6 is 0 Å². The molecule has 1 aliphatic heterocycles. The summed E-state index contributed by atoms with van der Waals surface area (Å²) in [6.45, 7) is 4.42. The van der Waals surface area contributed by atoms with Gasteiger partial charge in [-0.25, -0.2) is 0 Å². The smallest absolute Gasteiger partial charge is 0.370 e. The Kier molecular flexibility index (Phi) is 5.63. The summed E-state index contributed by atoms with van der Waals surface area (Å²) in [5.74, 6) is -0.294. The standard InChI is InChI=1S/C16H23F3N4O2/c17-16(18,19)15-12-3-1-2-4-13(12)23(21-15)11-14(24)20-5-6-22-7-9-25-10-8-22/h1-11H2,(H,20,24)/p+1. The van der Waals surface area contributed by atoms with Crippen LogP contribution in [0.1, 0.15) is 29.8 Å². The van der Waals surface area contributed by atoms with E-state index in [9.17, 15) is 18.0 Å². The Bertz CT molecular complexity index is 609. The Morgan fingerprint density at radius 3 is 2.68 bits per heavy atom. The number of alkyl halides is 3. The minimum atomic E-state index is -4.47. The number of carbonyl (C=O) groups excluding carboxylic acids is 1. The third-order valence-electron chi connectivity index (χ3n) is 4.82. The molecule has 1 amide bonds. The maximum absolute atomic E-state index is 13.1. The molecule has 1 aromatic heterocycles. The molecule has 140 valence electrons. The fourth-order valence-corrected chi connectivity index (χ4v) is 3.51. The number of ether oxygens (including phenoxy) is 1. The zero-order valence-electron chi connectivity index (χ0n) is 14.1. The van der Waals surface area contributed by atoms with Gasteiger partial charge in [-0.3, -0.25) is 9.48 Å². The molecule has 3 rings (SSSR count). The third kappa shape index (κ3) is 4.52. The first-order valence-electron chi connectivity index (χ1n) is 8.79. The quantitative estimate of drug-likeness (QED) is 0.765. The molecule has 2 aliphatic rings. The fourth-order valence-electron chi connectivity index (χ4n) is 3.51. The summed E-state index contributed by atoms with van der Waals surface area (Å²) in [6, 6.07) is 0. The van der Waals surface area contributed by atoms with E-state index in [1.807, 2.05) is 0 Å². The van der Waals surface area contributed by atoms with Gasteiger partial charge in [0.15, 0.2) is 5.69 Å². The van der Waals surface area contributed by atoms with Crippen LogP contribution in [-0.2, 0) is 35.1 Å². The minimum absolute atomic E-state index is 0.156. The van der Waals surface area contributed by atoms with Crippen molar-refractivity contribution < 1.29 is 27.6 Å². The molecule has 0 atom stereocenters. The van der Waals surface area contributed by atoms with Crippen molar-refractivity contribution in [2.24, 2.45) is 0 Å². The number of halogens is 3. The van der Waals surface area contributed by atoms with Crippen LogP contribution in [-0.4, -0.2) is 55.1 Å². The van der Waals surface area contributed by atoms with Gasteiger partial charge in [-0.1, -0.05) is 0 Å². The van der Waals surface area contributed by atoms with E-state index in [0.29, 0.717) is 25.1 Å². The van der Waals surface area contributed by atoms with Crippen LogP contribution in [0.5, 0.6) is 0 Å². The Labute approximate surface area is 144 Å². The van der Waals surface area contributed by atoms with Gasteiger partial charge in [0.25, 0.3) is 0 Å². The number of aromatic nitrogens is 2. The van der Waals surface area contributed by atoms with Crippen LogP contribution in [0, 0.1) is 0 Å². The van der Waals surface area contributed by atoms with Crippen LogP contribution in [0.2, 0.25) is 0 Å². The first-order chi connectivity index (χ1) is 11.9. The SMILES string of the molecule is O=C(Cn1nc(C(F)(F)F)c2c1CCCC2)NCC[NH+]1CCOCC1. The molecule has 25 heavy (non-hydrogen) atoms. The number of hydrogen-bond donors (Lipinski definition) is 2. The number of hydrogen-bond acceptors (Lipinski definition) is 3. The molecule has 6 nitrogen and oxygen atoms in total. The van der Waals surface area contributed by atoms with Crippen molar-refractivity contribution in [2.75, 3.05) is 39.4 Å². The van der Waals surface area contributed by atoms with Crippen molar-refractivity contribution in [3.63, 3.8) is 0 Å². The molecule has 0 spiro atoms. The van der Waals surface area contributed by atoms with Gasteiger partial charge in [0.05, 0.1) is 26.3 Å². The highest BCUT2D eigenvalue weighted by atomic mass is 19.4. The first kappa shape index (κ1) is 18.2. The normalized spacial score (nSPS) is 18.8. The zero-order chi connectivity index (χ0) is 17.9. The number of fused-ring (bicyclic) bond motifs is 1. The van der Waals surface area contributed by atoms with Gasteiger partial charge >= 0.3 is 6.18 Å². The predicted molar refractivity (Wildman–Crippen MR) is 83.3 cm³/mol. The van der Waals surface area contributed by atoms with Crippen molar-refractivity contribution in [1.82, 2.24) is 15.1 Å². The second-order valence-corrected chi connectivity index (χ2v) is 6.60. The molecular formula is C16H24F3N4O2+. The molecular weight excluding hydrogens is 337 g/mol. The number of quaternary nitrogens is 1. The predicted octanol–water partition coefficient (Wildman–Crippen LogP) is -0.188. The average Bonchev–Trinajstić information content (AvgIpc) is 2.95. The molecule has 0 aromatic carbocycles. The van der Waals surface area contributed by atoms with Crippen LogP contribution in [0.25, 0.3) is 0 Å². The van der Waals surface area contributed by atoms with Crippen molar-refractivity contribution >= 4 is 5.91 Å². The van der Waals surface area contributed by atoms with E-state index in [1.54, 1.807) is 0 Å². The number of rotatable bonds is 5. The Morgan fingerprint density at radius 2 is 1.96 bits per heavy atom. The monoisotopic (exact) mass is 361 g/mol. The summed E-state index contributed by atoms with van der Waals surface area (Å²) < 4.78 is 46.0. The topological polar surface area (TPSA) is 60.6 Å². The molecule has 0 radical (unpaired) electrons. The van der Waals surface area contributed by atoms with E-state index >= 15 is 0 Å². The molecule has 1 fully saturated rings. The second-order valence-electron chi connectivity index (χ2n) is 6.60. The summed E-state index contributed by atoms with van der Waals surface area (Å²) in [4.78, 5) is 13.5. The first-order valence-corrected chi connectivity index (χ1v) is 8.79. The van der Waals surface area contributed by atoms with Crippen molar-refractivity contribution in [2.45, 2.75) is 38.4 Å². The number of morpholine rings is 1. The van der Waals surface area contributed by atoms with E-state index in [1.165, 1.54) is 9.58 Å². The molecule has 2 heterocycles. The van der Waals surface area contributed by atoms with Crippen LogP contribution in [0.15, 0.2) is 0 Å². The number of nitrogens with zero attached hydrogens (tertiary/aromatic N) is 2. The van der Waals surface area contributed by atoms with Crippen molar-refractivity contribution in [3.8, 4) is 0 Å². The Hall–Kier alpha value is -1.61. The fraction of sp³-hybridized carbons (Fsp3) is 0.750. The summed E-state index contributed by atoms with van der Waals surface area (Å²) in [5.41, 5.74) is 0.00426. The van der Waals surface area contributed by atoms with E-state index in [4.69, 9.17) is 4.74 Å². The lowest BCUT2D eigenvalue weighted by molar-refractivity contribution is -0.906. The zero-order valence-corrected chi connectivity index (χ0v) is 14.1. The van der Waals surface area contributed by atoms with Gasteiger partial charge in [-0.05, 0) is 25.7 Å². The summed E-state index contributed by atoms with van der Waals surface area (Å²) in [5, 5.41) is 6.50. The van der Waals surface area contributed by atoms with E-state index in [0.717, 1.165) is 45.7 Å². The lowest BCUT2D eigenvalue weighted by atomic mass is 9.95. The van der Waals surface area contributed by atoms with Gasteiger partial charge in [0.2, 0.25) is 5.91 Å². The molecule has 0 saturated carbocycles. The van der Waals surface area contributed by atoms with Crippen LogP contribution < -0.4 is 10.2 Å². The van der Waals surface area contributed by atoms with Crippen LogP contribution in [0.3, 0.4) is 0 Å². The van der Waals surface area contributed by atoms with Crippen LogP contribution in [0.4, 0.5) is 13.2 Å². The summed E-state index contributed by atoms with van der Waals surface area (Å²) in [7, 11) is 0. The number of nitrogens with one attached hydrogen (secondary N) is 2. The molecule has 9 heteroatoms.